The van der Waals surface area contributed by atoms with Gasteiger partial charge in [0.05, 0.1) is 10.3 Å². The van der Waals surface area contributed by atoms with Crippen LogP contribution in [0.15, 0.2) is 30.5 Å². The lowest BCUT2D eigenvalue weighted by Crippen LogP contribution is -2.38. The number of benzene rings is 1. The number of hydrogen-bond acceptors (Lipinski definition) is 4. The second-order valence-electron chi connectivity index (χ2n) is 5.41. The summed E-state index contributed by atoms with van der Waals surface area (Å²) in [4.78, 5) is 4.25. The fourth-order valence-corrected chi connectivity index (χ4v) is 2.22. The standard InChI is InChI=1S/C14H17ClN2O2S/c1-14(2,20(3,18)19)9-17-12-6-7-16-13-8-10(15)4-5-11(12)13/h4-8H,9H2,1-3H3,(H,16,17). The normalized spacial score (nSPS) is 12.6. The highest BCUT2D eigenvalue weighted by Gasteiger charge is 2.29. The first-order valence-corrected chi connectivity index (χ1v) is 8.45. The Morgan fingerprint density at radius 1 is 1.30 bits per heavy atom. The molecule has 0 spiro atoms. The summed E-state index contributed by atoms with van der Waals surface area (Å²) in [7, 11) is -3.13. The maximum atomic E-state index is 11.7. The minimum absolute atomic E-state index is 0.327. The molecule has 0 aliphatic heterocycles. The van der Waals surface area contributed by atoms with E-state index in [4.69, 9.17) is 11.6 Å². The molecule has 1 N–H and O–H groups in total. The number of nitrogens with zero attached hydrogens (tertiary/aromatic N) is 1. The van der Waals surface area contributed by atoms with Crippen LogP contribution in [0.5, 0.6) is 0 Å². The molecule has 0 aliphatic carbocycles. The number of nitrogens with one attached hydrogen (secondary N) is 1. The second kappa shape index (κ2) is 5.22. The lowest BCUT2D eigenvalue weighted by atomic mass is 10.1. The molecule has 20 heavy (non-hydrogen) atoms. The Hall–Kier alpha value is -1.33. The summed E-state index contributed by atoms with van der Waals surface area (Å²) in [5, 5.41) is 4.73. The Morgan fingerprint density at radius 3 is 2.65 bits per heavy atom. The fourth-order valence-electron chi connectivity index (χ4n) is 1.71. The minimum atomic E-state index is -3.13. The third-order valence-electron chi connectivity index (χ3n) is 3.41. The fraction of sp³-hybridized carbons (Fsp3) is 0.357. The quantitative estimate of drug-likeness (QED) is 0.942. The average molecular weight is 313 g/mol. The van der Waals surface area contributed by atoms with Crippen LogP contribution in [0.4, 0.5) is 5.69 Å². The molecule has 0 radical (unpaired) electrons. The average Bonchev–Trinajstić information content (AvgIpc) is 2.34. The van der Waals surface area contributed by atoms with Crippen LogP contribution in [-0.4, -0.2) is 30.9 Å². The van der Waals surface area contributed by atoms with Gasteiger partial charge in [-0.15, -0.1) is 0 Å². The van der Waals surface area contributed by atoms with Crippen molar-refractivity contribution in [2.45, 2.75) is 18.6 Å². The molecular weight excluding hydrogens is 296 g/mol. The van der Waals surface area contributed by atoms with Crippen LogP contribution in [0.2, 0.25) is 5.02 Å². The third kappa shape index (κ3) is 3.04. The van der Waals surface area contributed by atoms with Crippen molar-refractivity contribution in [3.05, 3.63) is 35.5 Å². The van der Waals surface area contributed by atoms with Crippen molar-refractivity contribution < 1.29 is 8.42 Å². The lowest BCUT2D eigenvalue weighted by Gasteiger charge is -2.23. The molecule has 0 bridgehead atoms. The summed E-state index contributed by atoms with van der Waals surface area (Å²) in [5.41, 5.74) is 1.63. The molecule has 2 aromatic rings. The number of pyridine rings is 1. The van der Waals surface area contributed by atoms with Crippen molar-refractivity contribution in [1.82, 2.24) is 4.98 Å². The summed E-state index contributed by atoms with van der Waals surface area (Å²) in [6.45, 7) is 3.73. The molecule has 0 fully saturated rings. The molecule has 4 nitrogen and oxygen atoms in total. The van der Waals surface area contributed by atoms with Gasteiger partial charge in [-0.1, -0.05) is 11.6 Å². The van der Waals surface area contributed by atoms with Gasteiger partial charge in [-0.2, -0.15) is 0 Å². The zero-order chi connectivity index (χ0) is 15.0. The number of halogens is 1. The maximum Gasteiger partial charge on any atom is 0.154 e. The Bertz CT molecular complexity index is 742. The van der Waals surface area contributed by atoms with Crippen molar-refractivity contribution in [1.29, 1.82) is 0 Å². The number of anilines is 1. The van der Waals surface area contributed by atoms with Gasteiger partial charge in [0.1, 0.15) is 0 Å². The van der Waals surface area contributed by atoms with Gasteiger partial charge < -0.3 is 5.32 Å². The zero-order valence-electron chi connectivity index (χ0n) is 11.6. The molecule has 0 aliphatic rings. The van der Waals surface area contributed by atoms with Gasteiger partial charge in [-0.05, 0) is 38.1 Å². The van der Waals surface area contributed by atoms with Gasteiger partial charge in [0, 0.05) is 35.1 Å². The van der Waals surface area contributed by atoms with Crippen LogP contribution in [0.25, 0.3) is 10.9 Å². The summed E-state index contributed by atoms with van der Waals surface area (Å²) in [5.74, 6) is 0. The van der Waals surface area contributed by atoms with Crippen molar-refractivity contribution in [2.24, 2.45) is 0 Å². The van der Waals surface area contributed by atoms with Crippen LogP contribution < -0.4 is 5.32 Å². The topological polar surface area (TPSA) is 59.1 Å². The molecule has 1 aromatic heterocycles. The highest BCUT2D eigenvalue weighted by Crippen LogP contribution is 2.25. The summed E-state index contributed by atoms with van der Waals surface area (Å²) < 4.78 is 22.6. The highest BCUT2D eigenvalue weighted by atomic mass is 35.5. The van der Waals surface area contributed by atoms with Crippen molar-refractivity contribution in [3.63, 3.8) is 0 Å². The first kappa shape index (κ1) is 15.1. The smallest absolute Gasteiger partial charge is 0.154 e. The number of hydrogen-bond donors (Lipinski definition) is 1. The molecule has 1 heterocycles. The molecule has 2 rings (SSSR count). The van der Waals surface area contributed by atoms with E-state index in [-0.39, 0.29) is 0 Å². The largest absolute Gasteiger partial charge is 0.383 e. The van der Waals surface area contributed by atoms with E-state index in [1.54, 1.807) is 32.2 Å². The number of fused-ring (bicyclic) bond motifs is 1. The van der Waals surface area contributed by atoms with Gasteiger partial charge in [0.2, 0.25) is 0 Å². The maximum absolute atomic E-state index is 11.7. The molecule has 0 amide bonds. The summed E-state index contributed by atoms with van der Waals surface area (Å²) in [6.07, 6.45) is 2.92. The van der Waals surface area contributed by atoms with E-state index < -0.39 is 14.6 Å². The number of aromatic nitrogens is 1. The van der Waals surface area contributed by atoms with Gasteiger partial charge in [-0.25, -0.2) is 8.42 Å². The highest BCUT2D eigenvalue weighted by molar-refractivity contribution is 7.92. The van der Waals surface area contributed by atoms with Crippen LogP contribution in [0.3, 0.4) is 0 Å². The molecule has 0 saturated heterocycles. The molecule has 0 unspecified atom stereocenters. The van der Waals surface area contributed by atoms with Gasteiger partial charge >= 0.3 is 0 Å². The van der Waals surface area contributed by atoms with Crippen LogP contribution >= 0.6 is 11.6 Å². The predicted molar refractivity (Wildman–Crippen MR) is 84.2 cm³/mol. The first-order valence-electron chi connectivity index (χ1n) is 6.18. The predicted octanol–water partition coefficient (Wildman–Crippen LogP) is 3.12. The van der Waals surface area contributed by atoms with Gasteiger partial charge in [0.25, 0.3) is 0 Å². The monoisotopic (exact) mass is 312 g/mol. The van der Waals surface area contributed by atoms with E-state index >= 15 is 0 Å². The van der Waals surface area contributed by atoms with E-state index in [1.165, 1.54) is 6.26 Å². The van der Waals surface area contributed by atoms with Crippen molar-refractivity contribution in [2.75, 3.05) is 18.1 Å². The molecular formula is C14H17ClN2O2S. The third-order valence-corrected chi connectivity index (χ3v) is 5.80. The van der Waals surface area contributed by atoms with E-state index in [2.05, 4.69) is 10.3 Å². The molecule has 0 atom stereocenters. The molecule has 1 aromatic carbocycles. The summed E-state index contributed by atoms with van der Waals surface area (Å²) >= 11 is 5.94. The Labute approximate surface area is 124 Å². The second-order valence-corrected chi connectivity index (χ2v) is 8.49. The van der Waals surface area contributed by atoms with Crippen LogP contribution in [0.1, 0.15) is 13.8 Å². The first-order chi connectivity index (χ1) is 9.21. The lowest BCUT2D eigenvalue weighted by molar-refractivity contribution is 0.560. The summed E-state index contributed by atoms with van der Waals surface area (Å²) in [6, 6.07) is 7.28. The van der Waals surface area contributed by atoms with E-state index in [0.29, 0.717) is 11.6 Å². The van der Waals surface area contributed by atoms with Crippen LogP contribution in [0, 0.1) is 0 Å². The number of rotatable bonds is 4. The minimum Gasteiger partial charge on any atom is -0.383 e. The number of sulfone groups is 1. The van der Waals surface area contributed by atoms with Gasteiger partial charge in [0.15, 0.2) is 9.84 Å². The molecule has 108 valence electrons. The Balaban J connectivity index is 2.32. The van der Waals surface area contributed by atoms with Crippen molar-refractivity contribution >= 4 is 38.0 Å². The van der Waals surface area contributed by atoms with E-state index in [0.717, 1.165) is 16.6 Å². The zero-order valence-corrected chi connectivity index (χ0v) is 13.2. The van der Waals surface area contributed by atoms with E-state index in [1.807, 2.05) is 12.1 Å². The van der Waals surface area contributed by atoms with E-state index in [9.17, 15) is 8.42 Å². The van der Waals surface area contributed by atoms with Crippen LogP contribution in [-0.2, 0) is 9.84 Å². The Morgan fingerprint density at radius 2 is 2.00 bits per heavy atom. The molecule has 0 saturated carbocycles. The SMILES string of the molecule is CC(C)(CNc1ccnc2cc(Cl)ccc12)S(C)(=O)=O. The van der Waals surface area contributed by atoms with Crippen molar-refractivity contribution in [3.8, 4) is 0 Å². The molecule has 6 heteroatoms. The Kier molecular flexibility index (Phi) is 3.93. The van der Waals surface area contributed by atoms with Gasteiger partial charge in [-0.3, -0.25) is 4.98 Å².